The van der Waals surface area contributed by atoms with Crippen molar-refractivity contribution < 1.29 is 4.74 Å². The molecular weight excluding hydrogens is 323 g/mol. The minimum Gasteiger partial charge on any atom is -0.493 e. The molecule has 1 aliphatic rings. The van der Waals surface area contributed by atoms with Gasteiger partial charge in [-0.25, -0.2) is 0 Å². The molecule has 100 valence electrons. The van der Waals surface area contributed by atoms with E-state index in [0.717, 1.165) is 36.3 Å². The Hall–Kier alpha value is -0.410. The number of hydrogen-bond acceptors (Lipinski definition) is 2. The highest BCUT2D eigenvalue weighted by Crippen LogP contribution is 2.41. The van der Waals surface area contributed by atoms with Gasteiger partial charge >= 0.3 is 0 Å². The lowest BCUT2D eigenvalue weighted by Gasteiger charge is -2.19. The van der Waals surface area contributed by atoms with Crippen molar-refractivity contribution in [1.82, 2.24) is 0 Å². The van der Waals surface area contributed by atoms with E-state index in [2.05, 4.69) is 6.07 Å². The van der Waals surface area contributed by atoms with Crippen molar-refractivity contribution in [1.29, 1.82) is 0 Å². The van der Waals surface area contributed by atoms with Crippen LogP contribution in [0.1, 0.15) is 28.5 Å². The molecule has 0 fully saturated rings. The molecule has 1 atom stereocenters. The number of rotatable bonds is 2. The Balaban J connectivity index is 1.95. The number of halogens is 3. The molecule has 0 saturated carbocycles. The van der Waals surface area contributed by atoms with E-state index in [9.17, 15) is 0 Å². The van der Waals surface area contributed by atoms with Gasteiger partial charge < -0.3 is 4.74 Å². The fourth-order valence-corrected chi connectivity index (χ4v) is 4.20. The van der Waals surface area contributed by atoms with Crippen molar-refractivity contribution in [3.8, 4) is 5.75 Å². The molecule has 1 nitrogen and oxygen atoms in total. The average Bonchev–Trinajstić information content (AvgIpc) is 2.76. The predicted octanol–water partition coefficient (Wildman–Crippen LogP) is 5.71. The van der Waals surface area contributed by atoms with Gasteiger partial charge in [0, 0.05) is 5.56 Å². The van der Waals surface area contributed by atoms with Crippen molar-refractivity contribution >= 4 is 46.1 Å². The Morgan fingerprint density at radius 2 is 2.05 bits per heavy atom. The van der Waals surface area contributed by atoms with E-state index in [0.29, 0.717) is 8.67 Å². The lowest BCUT2D eigenvalue weighted by atomic mass is 10.00. The maximum atomic E-state index is 6.52. The van der Waals surface area contributed by atoms with E-state index >= 15 is 0 Å². The van der Waals surface area contributed by atoms with Crippen molar-refractivity contribution in [3.05, 3.63) is 49.6 Å². The summed E-state index contributed by atoms with van der Waals surface area (Å²) in [4.78, 5) is 0. The van der Waals surface area contributed by atoms with Crippen LogP contribution in [0.3, 0.4) is 0 Å². The van der Waals surface area contributed by atoms with Gasteiger partial charge in [-0.15, -0.1) is 22.9 Å². The largest absolute Gasteiger partial charge is 0.493 e. The Morgan fingerprint density at radius 3 is 2.79 bits per heavy atom. The summed E-state index contributed by atoms with van der Waals surface area (Å²) < 4.78 is 6.91. The van der Waals surface area contributed by atoms with Crippen LogP contribution in [-0.2, 0) is 6.42 Å². The fourth-order valence-electron chi connectivity index (χ4n) is 2.24. The molecule has 19 heavy (non-hydrogen) atoms. The molecule has 1 aromatic heterocycles. The number of aryl methyl sites for hydroxylation is 1. The number of hydrogen-bond donors (Lipinski definition) is 0. The zero-order valence-electron chi connectivity index (χ0n) is 9.96. The van der Waals surface area contributed by atoms with Gasteiger partial charge in [-0.1, -0.05) is 35.3 Å². The maximum Gasteiger partial charge on any atom is 0.122 e. The number of alkyl halides is 1. The van der Waals surface area contributed by atoms with Crippen molar-refractivity contribution in [2.45, 2.75) is 18.2 Å². The third-order valence-electron chi connectivity index (χ3n) is 3.18. The quantitative estimate of drug-likeness (QED) is 0.640. The summed E-state index contributed by atoms with van der Waals surface area (Å²) in [5.41, 5.74) is 3.11. The average molecular weight is 334 g/mol. The molecule has 0 saturated heterocycles. The van der Waals surface area contributed by atoms with Gasteiger partial charge in [-0.2, -0.15) is 0 Å². The molecule has 0 amide bonds. The van der Waals surface area contributed by atoms with Gasteiger partial charge in [0.25, 0.3) is 0 Å². The summed E-state index contributed by atoms with van der Waals surface area (Å²) in [6, 6.07) is 7.92. The second kappa shape index (κ2) is 5.53. The smallest absolute Gasteiger partial charge is 0.122 e. The monoisotopic (exact) mass is 332 g/mol. The zero-order chi connectivity index (χ0) is 13.4. The highest BCUT2D eigenvalue weighted by molar-refractivity contribution is 7.20. The molecule has 0 radical (unpaired) electrons. The fraction of sp³-hybridized carbons (Fsp3) is 0.286. The van der Waals surface area contributed by atoms with Crippen molar-refractivity contribution in [2.75, 3.05) is 6.61 Å². The summed E-state index contributed by atoms with van der Waals surface area (Å²) >= 11 is 20.0. The maximum absolute atomic E-state index is 6.52. The lowest BCUT2D eigenvalue weighted by Crippen LogP contribution is -2.08. The van der Waals surface area contributed by atoms with Crippen LogP contribution < -0.4 is 4.74 Å². The van der Waals surface area contributed by atoms with Crippen LogP contribution in [0.4, 0.5) is 0 Å². The van der Waals surface area contributed by atoms with E-state index in [1.165, 1.54) is 16.9 Å². The SMILES string of the molecule is Clc1cc(C(Cl)c2ccc3c(c2)CCCO3)c(Cl)s1. The van der Waals surface area contributed by atoms with Gasteiger partial charge in [0.15, 0.2) is 0 Å². The van der Waals surface area contributed by atoms with Crippen LogP contribution in [0.25, 0.3) is 0 Å². The second-order valence-electron chi connectivity index (χ2n) is 4.46. The van der Waals surface area contributed by atoms with Crippen LogP contribution in [0.15, 0.2) is 24.3 Å². The summed E-state index contributed by atoms with van der Waals surface area (Å²) in [6.45, 7) is 0.794. The van der Waals surface area contributed by atoms with Crippen LogP contribution in [-0.4, -0.2) is 6.61 Å². The van der Waals surface area contributed by atoms with Crippen molar-refractivity contribution in [2.24, 2.45) is 0 Å². The van der Waals surface area contributed by atoms with Gasteiger partial charge in [0.1, 0.15) is 5.75 Å². The Morgan fingerprint density at radius 1 is 1.21 bits per heavy atom. The second-order valence-corrected chi connectivity index (χ2v) is 7.18. The Bertz CT molecular complexity index is 609. The standard InChI is InChI=1S/C14H11Cl3OS/c15-12-7-10(14(17)19-12)13(16)9-3-4-11-8(6-9)2-1-5-18-11/h3-4,6-7,13H,1-2,5H2. The van der Waals surface area contributed by atoms with Crippen LogP contribution >= 0.6 is 46.1 Å². The molecule has 1 aromatic carbocycles. The highest BCUT2D eigenvalue weighted by Gasteiger charge is 2.19. The van der Waals surface area contributed by atoms with Gasteiger partial charge in [-0.3, -0.25) is 0 Å². The first-order valence-corrected chi connectivity index (χ1v) is 8.00. The molecule has 0 spiro atoms. The van der Waals surface area contributed by atoms with E-state index in [-0.39, 0.29) is 5.38 Å². The number of benzene rings is 1. The zero-order valence-corrected chi connectivity index (χ0v) is 13.0. The van der Waals surface area contributed by atoms with Crippen LogP contribution in [0.2, 0.25) is 8.67 Å². The number of ether oxygens (including phenoxy) is 1. The van der Waals surface area contributed by atoms with Crippen LogP contribution in [0, 0.1) is 0 Å². The molecule has 2 aromatic rings. The molecular formula is C14H11Cl3OS. The highest BCUT2D eigenvalue weighted by atomic mass is 35.5. The Kier molecular flexibility index (Phi) is 3.95. The van der Waals surface area contributed by atoms with E-state index < -0.39 is 0 Å². The van der Waals surface area contributed by atoms with Gasteiger partial charge in [-0.05, 0) is 36.1 Å². The minimum absolute atomic E-state index is 0.275. The van der Waals surface area contributed by atoms with Crippen LogP contribution in [0.5, 0.6) is 5.75 Å². The molecule has 2 heterocycles. The molecule has 0 bridgehead atoms. The lowest BCUT2D eigenvalue weighted by molar-refractivity contribution is 0.288. The predicted molar refractivity (Wildman–Crippen MR) is 82.3 cm³/mol. The summed E-state index contributed by atoms with van der Waals surface area (Å²) in [7, 11) is 0. The normalized spacial score (nSPS) is 15.7. The summed E-state index contributed by atoms with van der Waals surface area (Å²) in [6.07, 6.45) is 2.08. The molecule has 1 aliphatic heterocycles. The summed E-state index contributed by atoms with van der Waals surface area (Å²) in [5, 5.41) is -0.275. The first kappa shape index (κ1) is 13.6. The van der Waals surface area contributed by atoms with E-state index in [4.69, 9.17) is 39.5 Å². The number of thiophene rings is 1. The molecule has 0 N–H and O–H groups in total. The molecule has 1 unspecified atom stereocenters. The Labute approximate surface area is 131 Å². The van der Waals surface area contributed by atoms with Gasteiger partial charge in [0.2, 0.25) is 0 Å². The molecule has 3 rings (SSSR count). The molecule has 5 heteroatoms. The van der Waals surface area contributed by atoms with Gasteiger partial charge in [0.05, 0.1) is 20.7 Å². The number of fused-ring (bicyclic) bond motifs is 1. The molecule has 0 aliphatic carbocycles. The first-order chi connectivity index (χ1) is 9.15. The van der Waals surface area contributed by atoms with E-state index in [1.54, 1.807) is 0 Å². The van der Waals surface area contributed by atoms with Crippen molar-refractivity contribution in [3.63, 3.8) is 0 Å². The third-order valence-corrected chi connectivity index (χ3v) is 5.19. The first-order valence-electron chi connectivity index (χ1n) is 5.99. The van der Waals surface area contributed by atoms with E-state index in [1.807, 2.05) is 18.2 Å². The third kappa shape index (κ3) is 2.73. The minimum atomic E-state index is -0.275. The topological polar surface area (TPSA) is 9.23 Å². The summed E-state index contributed by atoms with van der Waals surface area (Å²) in [5.74, 6) is 0.966.